The molecule has 110 valence electrons. The number of ether oxygens (including phenoxy) is 1. The molecule has 7 nitrogen and oxygen atoms in total. The molecule has 2 rings (SSSR count). The largest absolute Gasteiger partial charge is 0.485 e. The van der Waals surface area contributed by atoms with Crippen molar-refractivity contribution in [2.75, 3.05) is 6.61 Å². The van der Waals surface area contributed by atoms with E-state index in [1.807, 2.05) is 0 Å². The Bertz CT molecular complexity index is 697. The molecule has 0 amide bonds. The molecule has 7 heteroatoms. The first kappa shape index (κ1) is 14.7. The molecule has 21 heavy (non-hydrogen) atoms. The van der Waals surface area contributed by atoms with Gasteiger partial charge in [0, 0.05) is 24.9 Å². The average Bonchev–Trinajstić information content (AvgIpc) is 2.49. The van der Waals surface area contributed by atoms with Gasteiger partial charge in [0.1, 0.15) is 6.61 Å². The van der Waals surface area contributed by atoms with Gasteiger partial charge in [-0.2, -0.15) is 0 Å². The quantitative estimate of drug-likeness (QED) is 0.638. The van der Waals surface area contributed by atoms with Gasteiger partial charge >= 0.3 is 5.69 Å². The van der Waals surface area contributed by atoms with Crippen LogP contribution in [-0.4, -0.2) is 16.1 Å². The van der Waals surface area contributed by atoms with Crippen LogP contribution in [0.25, 0.3) is 0 Å². The molecule has 0 fully saturated rings. The number of nitro benzene ring substituents is 1. The number of nitro groups is 1. The molecule has 1 aromatic heterocycles. The van der Waals surface area contributed by atoms with E-state index in [0.29, 0.717) is 12.1 Å². The van der Waals surface area contributed by atoms with Crippen molar-refractivity contribution in [3.63, 3.8) is 0 Å². The molecular formula is C14H15N3O4. The number of nitrogens with two attached hydrogens (primary N) is 1. The van der Waals surface area contributed by atoms with Crippen LogP contribution < -0.4 is 16.0 Å². The zero-order valence-corrected chi connectivity index (χ0v) is 11.3. The fourth-order valence-corrected chi connectivity index (χ4v) is 1.85. The van der Waals surface area contributed by atoms with Crippen molar-refractivity contribution in [3.05, 3.63) is 68.6 Å². The number of hydrogen-bond donors (Lipinski definition) is 1. The number of rotatable bonds is 6. The zero-order valence-electron chi connectivity index (χ0n) is 11.3. The van der Waals surface area contributed by atoms with Gasteiger partial charge in [0.15, 0.2) is 5.75 Å². The summed E-state index contributed by atoms with van der Waals surface area (Å²) in [5.74, 6) is 0.168. The van der Waals surface area contributed by atoms with Crippen molar-refractivity contribution in [1.82, 2.24) is 4.57 Å². The lowest BCUT2D eigenvalue weighted by atomic mass is 10.2. The molecule has 0 aliphatic rings. The normalized spacial score (nSPS) is 10.3. The molecule has 1 aromatic carbocycles. The summed E-state index contributed by atoms with van der Waals surface area (Å²) >= 11 is 0. The van der Waals surface area contributed by atoms with Gasteiger partial charge in [-0.1, -0.05) is 12.1 Å². The van der Waals surface area contributed by atoms with Gasteiger partial charge in [-0.15, -0.1) is 0 Å². The van der Waals surface area contributed by atoms with Crippen LogP contribution in [0.3, 0.4) is 0 Å². The summed E-state index contributed by atoms with van der Waals surface area (Å²) in [6.07, 6.45) is 1.64. The second kappa shape index (κ2) is 6.67. The molecule has 0 unspecified atom stereocenters. The van der Waals surface area contributed by atoms with E-state index in [2.05, 4.69) is 0 Å². The van der Waals surface area contributed by atoms with E-state index in [-0.39, 0.29) is 30.1 Å². The van der Waals surface area contributed by atoms with Crippen LogP contribution in [0.15, 0.2) is 47.4 Å². The average molecular weight is 289 g/mol. The number of hydrogen-bond acceptors (Lipinski definition) is 5. The predicted octanol–water partition coefficient (Wildman–Crippen LogP) is 1.29. The predicted molar refractivity (Wildman–Crippen MR) is 77.2 cm³/mol. The summed E-state index contributed by atoms with van der Waals surface area (Å²) in [5.41, 5.74) is 5.85. The molecule has 0 aliphatic heterocycles. The number of nitrogens with zero attached hydrogens (tertiary/aromatic N) is 2. The highest BCUT2D eigenvalue weighted by Crippen LogP contribution is 2.27. The van der Waals surface area contributed by atoms with Crippen molar-refractivity contribution < 1.29 is 9.66 Å². The van der Waals surface area contributed by atoms with E-state index in [1.165, 1.54) is 22.8 Å². The molecular weight excluding hydrogens is 274 g/mol. The molecule has 0 aliphatic carbocycles. The first-order chi connectivity index (χ1) is 10.1. The Morgan fingerprint density at radius 1 is 1.29 bits per heavy atom. The molecule has 2 N–H and O–H groups in total. The fraction of sp³-hybridized carbons (Fsp3) is 0.214. The molecule has 0 spiro atoms. The second-order valence-electron chi connectivity index (χ2n) is 4.34. The minimum absolute atomic E-state index is 0.127. The van der Waals surface area contributed by atoms with Crippen LogP contribution in [0.4, 0.5) is 5.69 Å². The van der Waals surface area contributed by atoms with Gasteiger partial charge in [-0.25, -0.2) is 0 Å². The van der Waals surface area contributed by atoms with E-state index < -0.39 is 4.92 Å². The third kappa shape index (κ3) is 3.67. The molecule has 0 atom stereocenters. The standard InChI is InChI=1S/C14H15N3O4/c15-10-11-4-5-13(12(9-11)17(19)20)21-8-7-16-6-2-1-3-14(16)18/h1-6,9H,7-8,10,15H2. The van der Waals surface area contributed by atoms with Crippen molar-refractivity contribution in [1.29, 1.82) is 0 Å². The Morgan fingerprint density at radius 3 is 2.76 bits per heavy atom. The van der Waals surface area contributed by atoms with Gasteiger partial charge in [-0.05, 0) is 17.7 Å². The first-order valence-electron chi connectivity index (χ1n) is 6.37. The van der Waals surface area contributed by atoms with Gasteiger partial charge in [-0.3, -0.25) is 14.9 Å². The van der Waals surface area contributed by atoms with Crippen LogP contribution in [0.1, 0.15) is 5.56 Å². The minimum Gasteiger partial charge on any atom is -0.485 e. The lowest BCUT2D eigenvalue weighted by Gasteiger charge is -2.09. The van der Waals surface area contributed by atoms with Crippen molar-refractivity contribution in [2.45, 2.75) is 13.1 Å². The molecule has 1 heterocycles. The van der Waals surface area contributed by atoms with E-state index in [9.17, 15) is 14.9 Å². The molecule has 0 bridgehead atoms. The summed E-state index contributed by atoms with van der Waals surface area (Å²) in [5, 5.41) is 11.0. The number of pyridine rings is 1. The molecule has 0 saturated heterocycles. The highest BCUT2D eigenvalue weighted by atomic mass is 16.6. The maximum atomic E-state index is 11.5. The summed E-state index contributed by atoms with van der Waals surface area (Å²) in [6, 6.07) is 9.42. The van der Waals surface area contributed by atoms with Crippen LogP contribution in [0.5, 0.6) is 5.75 Å². The van der Waals surface area contributed by atoms with Crippen molar-refractivity contribution in [2.24, 2.45) is 5.73 Å². The second-order valence-corrected chi connectivity index (χ2v) is 4.34. The Morgan fingerprint density at radius 2 is 2.10 bits per heavy atom. The Kier molecular flexibility index (Phi) is 4.68. The monoisotopic (exact) mass is 289 g/mol. The van der Waals surface area contributed by atoms with Crippen LogP contribution in [0, 0.1) is 10.1 Å². The third-order valence-corrected chi connectivity index (χ3v) is 2.94. The first-order valence-corrected chi connectivity index (χ1v) is 6.37. The number of aromatic nitrogens is 1. The zero-order chi connectivity index (χ0) is 15.2. The summed E-state index contributed by atoms with van der Waals surface area (Å²) in [6.45, 7) is 0.697. The van der Waals surface area contributed by atoms with Crippen LogP contribution >= 0.6 is 0 Å². The van der Waals surface area contributed by atoms with Gasteiger partial charge in [0.25, 0.3) is 5.56 Å². The van der Waals surface area contributed by atoms with Crippen LogP contribution in [0.2, 0.25) is 0 Å². The van der Waals surface area contributed by atoms with Gasteiger partial charge < -0.3 is 15.0 Å². The maximum absolute atomic E-state index is 11.5. The van der Waals surface area contributed by atoms with E-state index in [1.54, 1.807) is 24.4 Å². The Hall–Kier alpha value is -2.67. The highest BCUT2D eigenvalue weighted by Gasteiger charge is 2.15. The Balaban J connectivity index is 2.08. The van der Waals surface area contributed by atoms with Crippen molar-refractivity contribution >= 4 is 5.69 Å². The van der Waals surface area contributed by atoms with E-state index in [0.717, 1.165) is 0 Å². The van der Waals surface area contributed by atoms with Crippen LogP contribution in [-0.2, 0) is 13.1 Å². The topological polar surface area (TPSA) is 100 Å². The van der Waals surface area contributed by atoms with Gasteiger partial charge in [0.2, 0.25) is 0 Å². The number of benzene rings is 1. The highest BCUT2D eigenvalue weighted by molar-refractivity contribution is 5.48. The maximum Gasteiger partial charge on any atom is 0.311 e. The summed E-state index contributed by atoms with van der Waals surface area (Å²) in [4.78, 5) is 22.0. The van der Waals surface area contributed by atoms with Gasteiger partial charge in [0.05, 0.1) is 11.5 Å². The van der Waals surface area contributed by atoms with E-state index in [4.69, 9.17) is 10.5 Å². The van der Waals surface area contributed by atoms with E-state index >= 15 is 0 Å². The molecule has 2 aromatic rings. The third-order valence-electron chi connectivity index (χ3n) is 2.94. The fourth-order valence-electron chi connectivity index (χ4n) is 1.85. The summed E-state index contributed by atoms with van der Waals surface area (Å²) in [7, 11) is 0. The minimum atomic E-state index is -0.511. The van der Waals surface area contributed by atoms with Crippen molar-refractivity contribution in [3.8, 4) is 5.75 Å². The SMILES string of the molecule is NCc1ccc(OCCn2ccccc2=O)c([N+](=O)[O-])c1. The Labute approximate surface area is 120 Å². The molecule has 0 saturated carbocycles. The smallest absolute Gasteiger partial charge is 0.311 e. The lowest BCUT2D eigenvalue weighted by molar-refractivity contribution is -0.385. The summed E-state index contributed by atoms with van der Waals surface area (Å²) < 4.78 is 6.89. The molecule has 0 radical (unpaired) electrons. The lowest BCUT2D eigenvalue weighted by Crippen LogP contribution is -2.21.